The quantitative estimate of drug-likeness (QED) is 0.0203. The van der Waals surface area contributed by atoms with Gasteiger partial charge < -0.3 is 14.2 Å². The summed E-state index contributed by atoms with van der Waals surface area (Å²) in [5.41, 5.74) is 0. The average Bonchev–Trinajstić information content (AvgIpc) is 3.21. The maximum Gasteiger partial charge on any atom is 0.306 e. The Hall–Kier alpha value is -3.67. The molecule has 0 saturated heterocycles. The van der Waals surface area contributed by atoms with Crippen molar-refractivity contribution in [2.24, 2.45) is 0 Å². The molecule has 0 radical (unpaired) electrons. The molecule has 1 atom stereocenters. The van der Waals surface area contributed by atoms with Crippen LogP contribution >= 0.6 is 0 Å². The first-order chi connectivity index (χ1) is 28.0. The molecule has 0 saturated carbocycles. The van der Waals surface area contributed by atoms with E-state index in [1.807, 2.05) is 54.7 Å². The second-order valence-electron chi connectivity index (χ2n) is 14.7. The molecule has 322 valence electrons. The first-order valence-electron chi connectivity index (χ1n) is 22.8. The molecule has 0 aromatic carbocycles. The average molecular weight is 791 g/mol. The van der Waals surface area contributed by atoms with Crippen LogP contribution in [0.15, 0.2) is 97.2 Å². The number of allylic oxidation sites excluding steroid dienone is 16. The molecule has 0 aromatic heterocycles. The maximum atomic E-state index is 12.7. The molecule has 0 aliphatic rings. The number of carbonyl (C=O) groups is 3. The van der Waals surface area contributed by atoms with E-state index in [2.05, 4.69) is 63.3 Å². The molecule has 0 fully saturated rings. The van der Waals surface area contributed by atoms with Crippen LogP contribution in [0.2, 0.25) is 0 Å². The number of ether oxygens (including phenoxy) is 3. The number of unbranched alkanes of at least 4 members (excludes halogenated alkanes) is 16. The van der Waals surface area contributed by atoms with Crippen molar-refractivity contribution >= 4 is 17.9 Å². The molecule has 0 aliphatic heterocycles. The Morgan fingerprint density at radius 2 is 0.789 bits per heavy atom. The molecule has 0 amide bonds. The highest BCUT2D eigenvalue weighted by atomic mass is 16.6. The molecule has 0 aliphatic carbocycles. The van der Waals surface area contributed by atoms with Crippen molar-refractivity contribution in [3.63, 3.8) is 0 Å². The van der Waals surface area contributed by atoms with Crippen LogP contribution in [0.25, 0.3) is 0 Å². The zero-order valence-corrected chi connectivity index (χ0v) is 36.6. The van der Waals surface area contributed by atoms with Crippen molar-refractivity contribution in [2.75, 3.05) is 13.2 Å². The highest BCUT2D eigenvalue weighted by molar-refractivity contribution is 5.71. The van der Waals surface area contributed by atoms with Gasteiger partial charge in [0, 0.05) is 19.3 Å². The summed E-state index contributed by atoms with van der Waals surface area (Å²) in [6.45, 7) is 6.24. The Labute approximate surface area is 349 Å². The van der Waals surface area contributed by atoms with Crippen LogP contribution in [0.1, 0.15) is 188 Å². The Kier molecular flexibility index (Phi) is 42.1. The van der Waals surface area contributed by atoms with Crippen molar-refractivity contribution in [1.29, 1.82) is 0 Å². The van der Waals surface area contributed by atoms with Gasteiger partial charge in [0.25, 0.3) is 0 Å². The summed E-state index contributed by atoms with van der Waals surface area (Å²) in [6, 6.07) is 0. The Morgan fingerprint density at radius 3 is 1.35 bits per heavy atom. The second kappa shape index (κ2) is 45.0. The molecule has 57 heavy (non-hydrogen) atoms. The summed E-state index contributed by atoms with van der Waals surface area (Å²) in [7, 11) is 0. The molecular formula is C51H82O6. The largest absolute Gasteiger partial charge is 0.462 e. The zero-order chi connectivity index (χ0) is 41.5. The zero-order valence-electron chi connectivity index (χ0n) is 36.6. The smallest absolute Gasteiger partial charge is 0.306 e. The van der Waals surface area contributed by atoms with Crippen LogP contribution in [0.4, 0.5) is 0 Å². The number of rotatable bonds is 39. The summed E-state index contributed by atoms with van der Waals surface area (Å²) in [4.78, 5) is 37.6. The number of esters is 3. The lowest BCUT2D eigenvalue weighted by Crippen LogP contribution is -2.30. The van der Waals surface area contributed by atoms with E-state index in [0.29, 0.717) is 19.3 Å². The molecule has 1 unspecified atom stereocenters. The fourth-order valence-electron chi connectivity index (χ4n) is 5.80. The fraction of sp³-hybridized carbons (Fsp3) is 0.627. The van der Waals surface area contributed by atoms with Crippen molar-refractivity contribution in [3.05, 3.63) is 97.2 Å². The minimum absolute atomic E-state index is 0.120. The van der Waals surface area contributed by atoms with E-state index in [9.17, 15) is 14.4 Å². The van der Waals surface area contributed by atoms with Gasteiger partial charge in [-0.2, -0.15) is 0 Å². The van der Waals surface area contributed by atoms with Gasteiger partial charge in [0.2, 0.25) is 0 Å². The fourth-order valence-corrected chi connectivity index (χ4v) is 5.80. The standard InChI is InChI=1S/C51H82O6/c1-4-7-10-13-16-19-21-23-24-25-26-28-29-32-35-38-41-44-50(53)56-47-48(46-55-49(52)43-40-37-34-31-18-15-12-9-6-3)57-51(54)45-42-39-36-33-30-27-22-20-17-14-11-8-5-2/h8-9,11-12,14,17-18,20,22-24,27,30-31,33,36,48H,4-7,10,13,15-16,19,21,25-26,28-29,32,34-35,37-47H2,1-3H3/b11-8-,12-9-,17-14-,22-20-,24-23-,30-27-,31-18-,36-33-. The van der Waals surface area contributed by atoms with Gasteiger partial charge in [-0.15, -0.1) is 0 Å². The van der Waals surface area contributed by atoms with E-state index in [4.69, 9.17) is 14.2 Å². The summed E-state index contributed by atoms with van der Waals surface area (Å²) in [5.74, 6) is -1.05. The molecule has 0 aromatic rings. The predicted molar refractivity (Wildman–Crippen MR) is 242 cm³/mol. The maximum absolute atomic E-state index is 12.7. The van der Waals surface area contributed by atoms with E-state index in [1.165, 1.54) is 77.0 Å². The Morgan fingerprint density at radius 1 is 0.386 bits per heavy atom. The minimum atomic E-state index is -0.827. The summed E-state index contributed by atoms with van der Waals surface area (Å²) < 4.78 is 16.6. The van der Waals surface area contributed by atoms with Crippen molar-refractivity contribution < 1.29 is 28.6 Å². The summed E-state index contributed by atoms with van der Waals surface area (Å²) in [5, 5.41) is 0. The van der Waals surface area contributed by atoms with Gasteiger partial charge in [0.05, 0.1) is 0 Å². The lowest BCUT2D eigenvalue weighted by Gasteiger charge is -2.18. The van der Waals surface area contributed by atoms with Gasteiger partial charge >= 0.3 is 17.9 Å². The highest BCUT2D eigenvalue weighted by Gasteiger charge is 2.19. The van der Waals surface area contributed by atoms with Gasteiger partial charge in [-0.3, -0.25) is 14.4 Å². The molecule has 6 nitrogen and oxygen atoms in total. The van der Waals surface area contributed by atoms with Crippen LogP contribution in [0.5, 0.6) is 0 Å². The van der Waals surface area contributed by atoms with Crippen LogP contribution in [0, 0.1) is 0 Å². The first-order valence-corrected chi connectivity index (χ1v) is 22.8. The summed E-state index contributed by atoms with van der Waals surface area (Å²) in [6.07, 6.45) is 58.4. The molecule has 0 N–H and O–H groups in total. The SMILES string of the molecule is CC\C=C/C=C\C=C/C=C\C=C/CCCC(=O)OC(COC(=O)CCCC/C=C\C/C=C\CC)COC(=O)CCCCCCCCC/C=C\CCCCCCCC. The van der Waals surface area contributed by atoms with Gasteiger partial charge in [-0.25, -0.2) is 0 Å². The predicted octanol–water partition coefficient (Wildman–Crippen LogP) is 14.6. The second-order valence-corrected chi connectivity index (χ2v) is 14.7. The number of hydrogen-bond acceptors (Lipinski definition) is 6. The molecule has 6 heteroatoms. The van der Waals surface area contributed by atoms with Crippen LogP contribution < -0.4 is 0 Å². The summed E-state index contributed by atoms with van der Waals surface area (Å²) >= 11 is 0. The van der Waals surface area contributed by atoms with E-state index in [-0.39, 0.29) is 31.6 Å². The molecular weight excluding hydrogens is 709 g/mol. The van der Waals surface area contributed by atoms with Crippen LogP contribution in [-0.2, 0) is 28.6 Å². The highest BCUT2D eigenvalue weighted by Crippen LogP contribution is 2.13. The third kappa shape index (κ3) is 43.3. The van der Waals surface area contributed by atoms with Gasteiger partial charge in [0.15, 0.2) is 6.10 Å². The number of hydrogen-bond donors (Lipinski definition) is 0. The number of carbonyl (C=O) groups excluding carboxylic acids is 3. The Bertz CT molecular complexity index is 1180. The van der Waals surface area contributed by atoms with Gasteiger partial charge in [-0.05, 0) is 83.5 Å². The van der Waals surface area contributed by atoms with E-state index < -0.39 is 12.1 Å². The van der Waals surface area contributed by atoms with Crippen LogP contribution in [-0.4, -0.2) is 37.2 Å². The van der Waals surface area contributed by atoms with Crippen molar-refractivity contribution in [1.82, 2.24) is 0 Å². The van der Waals surface area contributed by atoms with E-state index >= 15 is 0 Å². The first kappa shape index (κ1) is 53.3. The minimum Gasteiger partial charge on any atom is -0.462 e. The van der Waals surface area contributed by atoms with Crippen molar-refractivity contribution in [2.45, 2.75) is 194 Å². The molecule has 0 rings (SSSR count). The lowest BCUT2D eigenvalue weighted by atomic mass is 10.1. The van der Waals surface area contributed by atoms with E-state index in [0.717, 1.165) is 64.2 Å². The monoisotopic (exact) mass is 791 g/mol. The van der Waals surface area contributed by atoms with E-state index in [1.54, 1.807) is 0 Å². The van der Waals surface area contributed by atoms with Gasteiger partial charge in [-0.1, -0.05) is 182 Å². The normalized spacial score (nSPS) is 13.0. The third-order valence-corrected chi connectivity index (χ3v) is 9.18. The van der Waals surface area contributed by atoms with Crippen LogP contribution in [0.3, 0.4) is 0 Å². The van der Waals surface area contributed by atoms with Gasteiger partial charge in [0.1, 0.15) is 13.2 Å². The third-order valence-electron chi connectivity index (χ3n) is 9.18. The molecule has 0 bridgehead atoms. The topological polar surface area (TPSA) is 78.9 Å². The molecule has 0 spiro atoms. The van der Waals surface area contributed by atoms with Crippen molar-refractivity contribution in [3.8, 4) is 0 Å². The Balaban J connectivity index is 4.47. The lowest BCUT2D eigenvalue weighted by molar-refractivity contribution is -0.167. The molecule has 0 heterocycles.